The number of rotatable bonds is 5. The highest BCUT2D eigenvalue weighted by Crippen LogP contribution is 2.28. The number of aryl methyl sites for hydroxylation is 2. The van der Waals surface area contributed by atoms with Gasteiger partial charge in [-0.15, -0.1) is 0 Å². The Bertz CT molecular complexity index is 968. The lowest BCUT2D eigenvalue weighted by molar-refractivity contribution is 0.416. The second-order valence-electron chi connectivity index (χ2n) is 7.33. The van der Waals surface area contributed by atoms with E-state index in [4.69, 9.17) is 9.72 Å². The van der Waals surface area contributed by atoms with E-state index >= 15 is 0 Å². The maximum absolute atomic E-state index is 5.47. The van der Waals surface area contributed by atoms with Crippen LogP contribution in [0.2, 0.25) is 0 Å². The third-order valence-electron chi connectivity index (χ3n) is 5.17. The van der Waals surface area contributed by atoms with Crippen molar-refractivity contribution >= 4 is 23.1 Å². The number of nitrogens with one attached hydrogen (secondary N) is 1. The smallest absolute Gasteiger partial charge is 0.229 e. The van der Waals surface area contributed by atoms with Gasteiger partial charge in [-0.3, -0.25) is 0 Å². The van der Waals surface area contributed by atoms with Crippen LogP contribution in [0.15, 0.2) is 54.6 Å². The first-order valence-corrected chi connectivity index (χ1v) is 9.94. The molecule has 0 spiro atoms. The van der Waals surface area contributed by atoms with Crippen LogP contribution in [0, 0.1) is 13.8 Å². The SMILES string of the molecule is COc1ccc(C)cc1Nc1nc(C)cc(N2CCN(c3ccccc3)CC2)n1. The standard InChI is InChI=1S/C23H27N5O/c1-17-9-10-21(29-3)20(15-17)25-23-24-18(2)16-22(26-23)28-13-11-27(12-14-28)19-7-5-4-6-8-19/h4-10,15-16H,11-14H2,1-3H3,(H,24,25,26). The molecule has 0 bridgehead atoms. The van der Waals surface area contributed by atoms with Gasteiger partial charge in [0.15, 0.2) is 0 Å². The molecule has 1 aliphatic heterocycles. The summed E-state index contributed by atoms with van der Waals surface area (Å²) in [5, 5.41) is 3.33. The van der Waals surface area contributed by atoms with Crippen LogP contribution in [-0.2, 0) is 0 Å². The highest BCUT2D eigenvalue weighted by molar-refractivity contribution is 5.64. The van der Waals surface area contributed by atoms with E-state index in [2.05, 4.69) is 63.4 Å². The van der Waals surface area contributed by atoms with Crippen LogP contribution in [0.4, 0.5) is 23.1 Å². The molecule has 2 aromatic carbocycles. The number of hydrogen-bond acceptors (Lipinski definition) is 6. The maximum Gasteiger partial charge on any atom is 0.229 e. The van der Waals surface area contributed by atoms with Crippen molar-refractivity contribution in [3.8, 4) is 5.75 Å². The molecule has 2 heterocycles. The highest BCUT2D eigenvalue weighted by Gasteiger charge is 2.19. The van der Waals surface area contributed by atoms with Crippen LogP contribution in [0.25, 0.3) is 0 Å². The second-order valence-corrected chi connectivity index (χ2v) is 7.33. The van der Waals surface area contributed by atoms with Crippen molar-refractivity contribution in [2.24, 2.45) is 0 Å². The van der Waals surface area contributed by atoms with Gasteiger partial charge < -0.3 is 19.9 Å². The lowest BCUT2D eigenvalue weighted by atomic mass is 10.2. The van der Waals surface area contributed by atoms with Crippen molar-refractivity contribution in [1.82, 2.24) is 9.97 Å². The van der Waals surface area contributed by atoms with Crippen LogP contribution in [0.1, 0.15) is 11.3 Å². The molecule has 29 heavy (non-hydrogen) atoms. The minimum Gasteiger partial charge on any atom is -0.495 e. The van der Waals surface area contributed by atoms with Crippen molar-refractivity contribution in [2.75, 3.05) is 48.4 Å². The van der Waals surface area contributed by atoms with Crippen molar-refractivity contribution < 1.29 is 4.74 Å². The first-order valence-electron chi connectivity index (χ1n) is 9.94. The highest BCUT2D eigenvalue weighted by atomic mass is 16.5. The number of hydrogen-bond donors (Lipinski definition) is 1. The minimum atomic E-state index is 0.592. The Labute approximate surface area is 172 Å². The molecule has 0 atom stereocenters. The summed E-state index contributed by atoms with van der Waals surface area (Å²) in [6.07, 6.45) is 0. The molecule has 1 N–H and O–H groups in total. The molecule has 0 unspecified atom stereocenters. The molecule has 1 saturated heterocycles. The van der Waals surface area contributed by atoms with Gasteiger partial charge in [0.05, 0.1) is 12.8 Å². The quantitative estimate of drug-likeness (QED) is 0.707. The monoisotopic (exact) mass is 389 g/mol. The van der Waals surface area contributed by atoms with Crippen LogP contribution in [0.3, 0.4) is 0 Å². The summed E-state index contributed by atoms with van der Waals surface area (Å²) in [6, 6.07) is 18.7. The zero-order valence-electron chi connectivity index (χ0n) is 17.2. The van der Waals surface area contributed by atoms with E-state index < -0.39 is 0 Å². The Morgan fingerprint density at radius 3 is 2.31 bits per heavy atom. The Kier molecular flexibility index (Phi) is 5.51. The molecule has 1 aromatic heterocycles. The van der Waals surface area contributed by atoms with Crippen molar-refractivity contribution in [1.29, 1.82) is 0 Å². The fourth-order valence-electron chi connectivity index (χ4n) is 3.64. The summed E-state index contributed by atoms with van der Waals surface area (Å²) >= 11 is 0. The van der Waals surface area contributed by atoms with Crippen LogP contribution in [0.5, 0.6) is 5.75 Å². The van der Waals surface area contributed by atoms with Gasteiger partial charge in [0.25, 0.3) is 0 Å². The number of para-hydroxylation sites is 1. The van der Waals surface area contributed by atoms with Crippen LogP contribution < -0.4 is 19.9 Å². The number of nitrogens with zero attached hydrogens (tertiary/aromatic N) is 4. The van der Waals surface area contributed by atoms with Gasteiger partial charge >= 0.3 is 0 Å². The Morgan fingerprint density at radius 1 is 0.862 bits per heavy atom. The fraction of sp³-hybridized carbons (Fsp3) is 0.304. The molecule has 6 heteroatoms. The number of aromatic nitrogens is 2. The first-order chi connectivity index (χ1) is 14.1. The molecule has 6 nitrogen and oxygen atoms in total. The van der Waals surface area contributed by atoms with Crippen LogP contribution >= 0.6 is 0 Å². The molecule has 0 radical (unpaired) electrons. The molecule has 4 rings (SSSR count). The lowest BCUT2D eigenvalue weighted by Crippen LogP contribution is -2.46. The van der Waals surface area contributed by atoms with E-state index in [9.17, 15) is 0 Å². The van der Waals surface area contributed by atoms with E-state index in [1.54, 1.807) is 7.11 Å². The van der Waals surface area contributed by atoms with E-state index in [1.165, 1.54) is 5.69 Å². The van der Waals surface area contributed by atoms with Gasteiger partial charge in [-0.25, -0.2) is 4.98 Å². The van der Waals surface area contributed by atoms with Crippen molar-refractivity contribution in [3.05, 3.63) is 65.9 Å². The van der Waals surface area contributed by atoms with Gasteiger partial charge in [0, 0.05) is 43.6 Å². The average molecular weight is 390 g/mol. The number of piperazine rings is 1. The van der Waals surface area contributed by atoms with Crippen LogP contribution in [-0.4, -0.2) is 43.3 Å². The molecule has 3 aromatic rings. The summed E-state index contributed by atoms with van der Waals surface area (Å²) in [4.78, 5) is 14.1. The summed E-state index contributed by atoms with van der Waals surface area (Å²) in [7, 11) is 1.67. The van der Waals surface area contributed by atoms with Gasteiger partial charge in [-0.2, -0.15) is 4.98 Å². The Hall–Kier alpha value is -3.28. The van der Waals surface area contributed by atoms with Gasteiger partial charge in [-0.1, -0.05) is 24.3 Å². The third kappa shape index (κ3) is 4.42. The number of methoxy groups -OCH3 is 1. The van der Waals surface area contributed by atoms with E-state index in [0.29, 0.717) is 5.95 Å². The molecule has 150 valence electrons. The van der Waals surface area contributed by atoms with Gasteiger partial charge in [0.2, 0.25) is 5.95 Å². The predicted octanol–water partition coefficient (Wildman–Crippen LogP) is 4.17. The number of anilines is 4. The lowest BCUT2D eigenvalue weighted by Gasteiger charge is -2.36. The largest absolute Gasteiger partial charge is 0.495 e. The summed E-state index contributed by atoms with van der Waals surface area (Å²) in [5.74, 6) is 2.33. The molecule has 1 fully saturated rings. The Morgan fingerprint density at radius 2 is 1.59 bits per heavy atom. The molecule has 1 aliphatic rings. The summed E-state index contributed by atoms with van der Waals surface area (Å²) < 4.78 is 5.47. The molecular weight excluding hydrogens is 362 g/mol. The third-order valence-corrected chi connectivity index (χ3v) is 5.17. The minimum absolute atomic E-state index is 0.592. The van der Waals surface area contributed by atoms with Crippen molar-refractivity contribution in [3.63, 3.8) is 0 Å². The van der Waals surface area contributed by atoms with E-state index in [-0.39, 0.29) is 0 Å². The van der Waals surface area contributed by atoms with Crippen molar-refractivity contribution in [2.45, 2.75) is 13.8 Å². The first kappa shape index (κ1) is 19.1. The molecule has 0 amide bonds. The summed E-state index contributed by atoms with van der Waals surface area (Å²) in [5.41, 5.74) is 4.24. The Balaban J connectivity index is 1.50. The van der Waals surface area contributed by atoms with Gasteiger partial charge in [0.1, 0.15) is 11.6 Å². The zero-order valence-corrected chi connectivity index (χ0v) is 17.2. The molecule has 0 aliphatic carbocycles. The molecule has 0 saturated carbocycles. The number of benzene rings is 2. The second kappa shape index (κ2) is 8.39. The zero-order chi connectivity index (χ0) is 20.2. The maximum atomic E-state index is 5.47. The summed E-state index contributed by atoms with van der Waals surface area (Å²) in [6.45, 7) is 7.86. The number of ether oxygens (including phenoxy) is 1. The van der Waals surface area contributed by atoms with Gasteiger partial charge in [-0.05, 0) is 43.7 Å². The van der Waals surface area contributed by atoms with E-state index in [1.807, 2.05) is 25.1 Å². The molecular formula is C23H27N5O. The average Bonchev–Trinajstić information content (AvgIpc) is 2.74. The fourth-order valence-corrected chi connectivity index (χ4v) is 3.64. The normalized spacial score (nSPS) is 14.0. The topological polar surface area (TPSA) is 53.5 Å². The van der Waals surface area contributed by atoms with E-state index in [0.717, 1.165) is 54.7 Å². The predicted molar refractivity (Wildman–Crippen MR) is 119 cm³/mol.